The van der Waals surface area contributed by atoms with Crippen molar-refractivity contribution in [3.63, 3.8) is 0 Å². The van der Waals surface area contributed by atoms with E-state index >= 15 is 0 Å². The van der Waals surface area contributed by atoms with Crippen LogP contribution in [0.2, 0.25) is 5.02 Å². The maximum Gasteiger partial charge on any atom is 0.123 e. The van der Waals surface area contributed by atoms with Crippen LogP contribution in [0, 0.1) is 5.82 Å². The molecule has 0 unspecified atom stereocenters. The van der Waals surface area contributed by atoms with Gasteiger partial charge < -0.3 is 0 Å². The molecule has 0 radical (unpaired) electrons. The third-order valence-electron chi connectivity index (χ3n) is 2.84. The Morgan fingerprint density at radius 3 is 2.56 bits per heavy atom. The van der Waals surface area contributed by atoms with Crippen molar-refractivity contribution >= 4 is 22.4 Å². The van der Waals surface area contributed by atoms with Crippen LogP contribution in [0.15, 0.2) is 54.7 Å². The molecule has 3 aromatic rings. The molecule has 0 atom stereocenters. The van der Waals surface area contributed by atoms with Gasteiger partial charge in [0.25, 0.3) is 0 Å². The molecule has 0 amide bonds. The first-order valence-corrected chi connectivity index (χ1v) is 5.93. The lowest BCUT2D eigenvalue weighted by atomic mass is 10.1. The third-order valence-corrected chi connectivity index (χ3v) is 3.22. The van der Waals surface area contributed by atoms with Crippen LogP contribution in [-0.2, 0) is 0 Å². The Morgan fingerprint density at radius 1 is 1.00 bits per heavy atom. The Hall–Kier alpha value is -1.93. The van der Waals surface area contributed by atoms with Crippen molar-refractivity contribution in [3.8, 4) is 11.3 Å². The summed E-state index contributed by atoms with van der Waals surface area (Å²) in [6.07, 6.45) is 1.65. The summed E-state index contributed by atoms with van der Waals surface area (Å²) in [7, 11) is 0. The molecular weight excluding hydrogens is 249 g/mol. The summed E-state index contributed by atoms with van der Waals surface area (Å²) in [6.45, 7) is 0. The first-order valence-electron chi connectivity index (χ1n) is 5.55. The molecule has 0 fully saturated rings. The first-order chi connectivity index (χ1) is 8.75. The van der Waals surface area contributed by atoms with E-state index in [2.05, 4.69) is 4.98 Å². The largest absolute Gasteiger partial charge is 0.254 e. The maximum atomic E-state index is 13.1. The van der Waals surface area contributed by atoms with Crippen LogP contribution in [0.25, 0.3) is 22.0 Å². The van der Waals surface area contributed by atoms with Crippen LogP contribution in [0.4, 0.5) is 4.39 Å². The van der Waals surface area contributed by atoms with Crippen molar-refractivity contribution in [3.05, 3.63) is 65.6 Å². The fraction of sp³-hybridized carbons (Fsp3) is 0. The third kappa shape index (κ3) is 1.85. The normalized spacial score (nSPS) is 10.8. The molecule has 2 aromatic carbocycles. The standard InChI is InChI=1S/C15H9ClFN/c16-14-13-7-6-12(17)8-11(13)9-18-15(14)10-4-2-1-3-5-10/h1-9H. The highest BCUT2D eigenvalue weighted by Gasteiger charge is 2.09. The van der Waals surface area contributed by atoms with E-state index in [-0.39, 0.29) is 5.82 Å². The minimum Gasteiger partial charge on any atom is -0.254 e. The maximum absolute atomic E-state index is 13.1. The summed E-state index contributed by atoms with van der Waals surface area (Å²) in [5.74, 6) is -0.284. The number of nitrogens with zero attached hydrogens (tertiary/aromatic N) is 1. The number of benzene rings is 2. The zero-order valence-corrected chi connectivity index (χ0v) is 10.2. The van der Waals surface area contributed by atoms with E-state index in [1.807, 2.05) is 30.3 Å². The number of hydrogen-bond donors (Lipinski definition) is 0. The van der Waals surface area contributed by atoms with Gasteiger partial charge in [-0.3, -0.25) is 4.98 Å². The smallest absolute Gasteiger partial charge is 0.123 e. The van der Waals surface area contributed by atoms with Gasteiger partial charge in [-0.05, 0) is 18.2 Å². The molecule has 0 aliphatic rings. The summed E-state index contributed by atoms with van der Waals surface area (Å²) >= 11 is 6.34. The monoisotopic (exact) mass is 257 g/mol. The second-order valence-electron chi connectivity index (χ2n) is 4.02. The van der Waals surface area contributed by atoms with E-state index in [1.54, 1.807) is 12.3 Å². The predicted molar refractivity (Wildman–Crippen MR) is 72.1 cm³/mol. The van der Waals surface area contributed by atoms with Gasteiger partial charge in [-0.1, -0.05) is 41.9 Å². The molecular formula is C15H9ClFN. The van der Waals surface area contributed by atoms with Crippen LogP contribution in [0.3, 0.4) is 0 Å². The van der Waals surface area contributed by atoms with Gasteiger partial charge in [-0.2, -0.15) is 0 Å². The average Bonchev–Trinajstić information content (AvgIpc) is 2.40. The number of hydrogen-bond acceptors (Lipinski definition) is 1. The average molecular weight is 258 g/mol. The molecule has 0 saturated heterocycles. The Morgan fingerprint density at radius 2 is 1.78 bits per heavy atom. The zero-order valence-electron chi connectivity index (χ0n) is 9.40. The van der Waals surface area contributed by atoms with E-state index in [1.165, 1.54) is 12.1 Å². The van der Waals surface area contributed by atoms with Crippen molar-refractivity contribution in [1.29, 1.82) is 0 Å². The van der Waals surface area contributed by atoms with Crippen molar-refractivity contribution in [1.82, 2.24) is 4.98 Å². The molecule has 0 spiro atoms. The van der Waals surface area contributed by atoms with Gasteiger partial charge in [0.1, 0.15) is 5.82 Å². The second kappa shape index (κ2) is 4.39. The molecule has 18 heavy (non-hydrogen) atoms. The molecule has 0 N–H and O–H groups in total. The number of pyridine rings is 1. The van der Waals surface area contributed by atoms with Gasteiger partial charge in [0.2, 0.25) is 0 Å². The molecule has 0 aliphatic heterocycles. The molecule has 0 aliphatic carbocycles. The van der Waals surface area contributed by atoms with Gasteiger partial charge in [-0.25, -0.2) is 4.39 Å². The van der Waals surface area contributed by atoms with E-state index in [0.29, 0.717) is 10.4 Å². The van der Waals surface area contributed by atoms with Crippen molar-refractivity contribution < 1.29 is 4.39 Å². The topological polar surface area (TPSA) is 12.9 Å². The zero-order chi connectivity index (χ0) is 12.5. The lowest BCUT2D eigenvalue weighted by Crippen LogP contribution is -1.87. The van der Waals surface area contributed by atoms with Crippen LogP contribution in [-0.4, -0.2) is 4.98 Å². The number of rotatable bonds is 1. The van der Waals surface area contributed by atoms with E-state index in [0.717, 1.165) is 16.6 Å². The number of fused-ring (bicyclic) bond motifs is 1. The van der Waals surface area contributed by atoms with Gasteiger partial charge in [0.05, 0.1) is 10.7 Å². The first kappa shape index (κ1) is 11.2. The number of halogens is 2. The molecule has 88 valence electrons. The molecule has 1 nitrogen and oxygen atoms in total. The highest BCUT2D eigenvalue weighted by molar-refractivity contribution is 6.37. The Bertz CT molecular complexity index is 710. The van der Waals surface area contributed by atoms with Gasteiger partial charge in [0.15, 0.2) is 0 Å². The van der Waals surface area contributed by atoms with Gasteiger partial charge in [0, 0.05) is 22.5 Å². The Labute approximate surface area is 109 Å². The van der Waals surface area contributed by atoms with Crippen molar-refractivity contribution in [2.24, 2.45) is 0 Å². The van der Waals surface area contributed by atoms with Gasteiger partial charge in [-0.15, -0.1) is 0 Å². The predicted octanol–water partition coefficient (Wildman–Crippen LogP) is 4.69. The highest BCUT2D eigenvalue weighted by atomic mass is 35.5. The van der Waals surface area contributed by atoms with E-state index in [4.69, 9.17) is 11.6 Å². The fourth-order valence-electron chi connectivity index (χ4n) is 1.96. The quantitative estimate of drug-likeness (QED) is 0.616. The van der Waals surface area contributed by atoms with Crippen LogP contribution < -0.4 is 0 Å². The number of aromatic nitrogens is 1. The summed E-state index contributed by atoms with van der Waals surface area (Å²) in [5.41, 5.74) is 1.67. The van der Waals surface area contributed by atoms with Crippen LogP contribution >= 0.6 is 11.6 Å². The summed E-state index contributed by atoms with van der Waals surface area (Å²) in [4.78, 5) is 4.32. The van der Waals surface area contributed by atoms with Gasteiger partial charge >= 0.3 is 0 Å². The molecule has 0 bridgehead atoms. The molecule has 3 rings (SSSR count). The molecule has 0 saturated carbocycles. The lowest BCUT2D eigenvalue weighted by molar-refractivity contribution is 0.629. The minimum atomic E-state index is -0.284. The lowest BCUT2D eigenvalue weighted by Gasteiger charge is -2.07. The Balaban J connectivity index is 2.27. The summed E-state index contributed by atoms with van der Waals surface area (Å²) in [6, 6.07) is 14.2. The molecule has 1 aromatic heterocycles. The summed E-state index contributed by atoms with van der Waals surface area (Å²) in [5, 5.41) is 2.07. The van der Waals surface area contributed by atoms with E-state index in [9.17, 15) is 4.39 Å². The highest BCUT2D eigenvalue weighted by Crippen LogP contribution is 2.32. The second-order valence-corrected chi connectivity index (χ2v) is 4.40. The minimum absolute atomic E-state index is 0.284. The Kier molecular flexibility index (Phi) is 2.73. The van der Waals surface area contributed by atoms with E-state index < -0.39 is 0 Å². The van der Waals surface area contributed by atoms with Crippen molar-refractivity contribution in [2.45, 2.75) is 0 Å². The van der Waals surface area contributed by atoms with Crippen molar-refractivity contribution in [2.75, 3.05) is 0 Å². The summed E-state index contributed by atoms with van der Waals surface area (Å²) < 4.78 is 13.1. The molecule has 3 heteroatoms. The fourth-order valence-corrected chi connectivity index (χ4v) is 2.29. The van der Waals surface area contributed by atoms with Crippen LogP contribution in [0.1, 0.15) is 0 Å². The SMILES string of the molecule is Fc1ccc2c(Cl)c(-c3ccccc3)ncc2c1. The van der Waals surface area contributed by atoms with Crippen LogP contribution in [0.5, 0.6) is 0 Å². The molecule has 1 heterocycles.